The highest BCUT2D eigenvalue weighted by atomic mass is 16.5. The van der Waals surface area contributed by atoms with E-state index in [-0.39, 0.29) is 11.4 Å². The van der Waals surface area contributed by atoms with E-state index in [1.807, 2.05) is 29.2 Å². The number of hydrogen-bond donors (Lipinski definition) is 3. The minimum Gasteiger partial charge on any atom is -0.330 e. The third kappa shape index (κ3) is 3.21. The van der Waals surface area contributed by atoms with Crippen molar-refractivity contribution in [1.29, 1.82) is 0 Å². The molecule has 0 aliphatic carbocycles. The first-order valence-electron chi connectivity index (χ1n) is 7.69. The Hall–Kier alpha value is -2.36. The second kappa shape index (κ2) is 6.41. The van der Waals surface area contributed by atoms with Crippen molar-refractivity contribution in [3.05, 3.63) is 35.4 Å². The van der Waals surface area contributed by atoms with Gasteiger partial charge in [0.1, 0.15) is 0 Å². The first kappa shape index (κ1) is 15.5. The van der Waals surface area contributed by atoms with E-state index in [2.05, 4.69) is 17.2 Å². The Morgan fingerprint density at radius 3 is 2.70 bits per heavy atom. The molecule has 6 heteroatoms. The molecule has 1 spiro atoms. The number of carbonyl (C=O) groups excluding carboxylic acids is 2. The van der Waals surface area contributed by atoms with Gasteiger partial charge in [0.15, 0.2) is 0 Å². The summed E-state index contributed by atoms with van der Waals surface area (Å²) in [6, 6.07) is 7.46. The van der Waals surface area contributed by atoms with E-state index in [0.717, 1.165) is 31.5 Å². The van der Waals surface area contributed by atoms with Gasteiger partial charge in [-0.15, -0.1) is 0 Å². The summed E-state index contributed by atoms with van der Waals surface area (Å²) in [5.41, 5.74) is 3.19. The van der Waals surface area contributed by atoms with Gasteiger partial charge in [-0.25, -0.2) is 5.48 Å². The van der Waals surface area contributed by atoms with E-state index in [9.17, 15) is 9.59 Å². The molecule has 2 fully saturated rings. The van der Waals surface area contributed by atoms with Crippen LogP contribution in [0.25, 0.3) is 0 Å². The number of hydroxylamine groups is 1. The summed E-state index contributed by atoms with van der Waals surface area (Å²) in [7, 11) is 0. The number of carbonyl (C=O) groups is 2. The lowest BCUT2D eigenvalue weighted by molar-refractivity contribution is -0.146. The van der Waals surface area contributed by atoms with Gasteiger partial charge < -0.3 is 10.2 Å². The number of rotatable bonds is 2. The third-order valence-electron chi connectivity index (χ3n) is 4.53. The lowest BCUT2D eigenvalue weighted by Gasteiger charge is -2.53. The zero-order valence-corrected chi connectivity index (χ0v) is 12.8. The van der Waals surface area contributed by atoms with Crippen LogP contribution in [-0.2, 0) is 16.1 Å². The fourth-order valence-electron chi connectivity index (χ4n) is 3.17. The maximum Gasteiger partial charge on any atom is 0.319 e. The molecule has 1 aromatic carbocycles. The zero-order chi connectivity index (χ0) is 16.3. The molecular formula is C17H19N3O3. The van der Waals surface area contributed by atoms with Crippen LogP contribution in [0.4, 0.5) is 0 Å². The molecule has 0 bridgehead atoms. The number of likely N-dealkylation sites (tertiary alicyclic amines) is 1. The lowest BCUT2D eigenvalue weighted by atomic mass is 9.81. The minimum absolute atomic E-state index is 0.00692. The quantitative estimate of drug-likeness (QED) is 0.419. The van der Waals surface area contributed by atoms with E-state index in [1.54, 1.807) is 0 Å². The van der Waals surface area contributed by atoms with Crippen LogP contribution in [0.5, 0.6) is 0 Å². The highest BCUT2D eigenvalue weighted by molar-refractivity contribution is 5.93. The molecule has 2 amide bonds. The topological polar surface area (TPSA) is 81.7 Å². The number of nitrogens with zero attached hydrogens (tertiary/aromatic N) is 1. The van der Waals surface area contributed by atoms with Crippen LogP contribution in [0, 0.1) is 11.8 Å². The lowest BCUT2D eigenvalue weighted by Crippen LogP contribution is -2.71. The van der Waals surface area contributed by atoms with Crippen LogP contribution < -0.4 is 10.8 Å². The molecule has 0 saturated carbocycles. The first-order chi connectivity index (χ1) is 11.1. The van der Waals surface area contributed by atoms with Gasteiger partial charge in [-0.05, 0) is 30.5 Å². The molecule has 6 nitrogen and oxygen atoms in total. The first-order valence-corrected chi connectivity index (χ1v) is 7.69. The van der Waals surface area contributed by atoms with Gasteiger partial charge in [0.25, 0.3) is 0 Å². The summed E-state index contributed by atoms with van der Waals surface area (Å²) in [6.45, 7) is 2.35. The number of amides is 2. The summed E-state index contributed by atoms with van der Waals surface area (Å²) in [4.78, 5) is 25.2. The predicted molar refractivity (Wildman–Crippen MR) is 83.3 cm³/mol. The summed E-state index contributed by atoms with van der Waals surface area (Å²) < 4.78 is 0. The van der Waals surface area contributed by atoms with E-state index in [0.29, 0.717) is 18.5 Å². The standard InChI is InChI=1S/C17H19N3O3/c21-15(19-23)8-7-13-3-5-14(6-4-13)10-20-16(22)2-1-9-17(20)11-18-12-17/h3-6,18,23H,1-2,9-12H2,(H,19,21). The van der Waals surface area contributed by atoms with Crippen molar-refractivity contribution in [2.75, 3.05) is 13.1 Å². The number of benzene rings is 1. The van der Waals surface area contributed by atoms with Gasteiger partial charge in [0, 0.05) is 37.5 Å². The summed E-state index contributed by atoms with van der Waals surface area (Å²) in [5.74, 6) is 4.41. The smallest absolute Gasteiger partial charge is 0.319 e. The Morgan fingerprint density at radius 1 is 1.35 bits per heavy atom. The van der Waals surface area contributed by atoms with Crippen LogP contribution >= 0.6 is 0 Å². The van der Waals surface area contributed by atoms with E-state index < -0.39 is 5.91 Å². The fourth-order valence-corrected chi connectivity index (χ4v) is 3.17. The van der Waals surface area contributed by atoms with Gasteiger partial charge in [0.05, 0.1) is 5.54 Å². The van der Waals surface area contributed by atoms with Crippen molar-refractivity contribution < 1.29 is 14.8 Å². The molecule has 0 aromatic heterocycles. The molecule has 3 N–H and O–H groups in total. The average molecular weight is 313 g/mol. The molecule has 0 radical (unpaired) electrons. The Morgan fingerprint density at radius 2 is 2.09 bits per heavy atom. The van der Waals surface area contributed by atoms with Crippen LogP contribution in [0.15, 0.2) is 24.3 Å². The molecule has 120 valence electrons. The van der Waals surface area contributed by atoms with Gasteiger partial charge in [-0.3, -0.25) is 14.8 Å². The molecular weight excluding hydrogens is 294 g/mol. The van der Waals surface area contributed by atoms with Crippen molar-refractivity contribution in [2.45, 2.75) is 31.3 Å². The molecule has 2 aliphatic heterocycles. The Kier molecular flexibility index (Phi) is 4.33. The second-order valence-corrected chi connectivity index (χ2v) is 6.05. The molecule has 1 aromatic rings. The molecule has 23 heavy (non-hydrogen) atoms. The molecule has 0 atom stereocenters. The van der Waals surface area contributed by atoms with Crippen LogP contribution in [0.1, 0.15) is 30.4 Å². The minimum atomic E-state index is -0.743. The molecule has 3 rings (SSSR count). The average Bonchev–Trinajstić information content (AvgIpc) is 2.54. The number of nitrogens with one attached hydrogen (secondary N) is 2. The maximum absolute atomic E-state index is 12.3. The highest BCUT2D eigenvalue weighted by Gasteiger charge is 2.46. The molecule has 2 saturated heterocycles. The van der Waals surface area contributed by atoms with Crippen LogP contribution in [0.2, 0.25) is 0 Å². The molecule has 0 unspecified atom stereocenters. The molecule has 2 aliphatic rings. The Balaban J connectivity index is 1.71. The van der Waals surface area contributed by atoms with Crippen molar-refractivity contribution in [3.8, 4) is 11.8 Å². The van der Waals surface area contributed by atoms with Crippen molar-refractivity contribution in [3.63, 3.8) is 0 Å². The van der Waals surface area contributed by atoms with Crippen molar-refractivity contribution in [1.82, 2.24) is 15.7 Å². The van der Waals surface area contributed by atoms with Gasteiger partial charge in [0.2, 0.25) is 5.91 Å². The van der Waals surface area contributed by atoms with Crippen LogP contribution in [-0.4, -0.2) is 40.5 Å². The zero-order valence-electron chi connectivity index (χ0n) is 12.8. The van der Waals surface area contributed by atoms with E-state index >= 15 is 0 Å². The summed E-state index contributed by atoms with van der Waals surface area (Å²) in [6.07, 6.45) is 2.66. The highest BCUT2D eigenvalue weighted by Crippen LogP contribution is 2.33. The predicted octanol–water partition coefficient (Wildman–Crippen LogP) is 0.398. The number of piperidine rings is 1. The molecule has 2 heterocycles. The Bertz CT molecular complexity index is 669. The van der Waals surface area contributed by atoms with Gasteiger partial charge in [-0.1, -0.05) is 18.1 Å². The van der Waals surface area contributed by atoms with E-state index in [1.165, 1.54) is 5.48 Å². The SMILES string of the molecule is O=C(C#Cc1ccc(CN2C(=O)CCCC23CNC3)cc1)NO. The van der Waals surface area contributed by atoms with Crippen molar-refractivity contribution in [2.24, 2.45) is 0 Å². The van der Waals surface area contributed by atoms with Crippen molar-refractivity contribution >= 4 is 11.8 Å². The monoisotopic (exact) mass is 313 g/mol. The number of hydrogen-bond acceptors (Lipinski definition) is 4. The fraction of sp³-hybridized carbons (Fsp3) is 0.412. The summed E-state index contributed by atoms with van der Waals surface area (Å²) in [5, 5.41) is 11.7. The maximum atomic E-state index is 12.3. The van der Waals surface area contributed by atoms with Crippen LogP contribution in [0.3, 0.4) is 0 Å². The largest absolute Gasteiger partial charge is 0.330 e. The van der Waals surface area contributed by atoms with Gasteiger partial charge >= 0.3 is 5.91 Å². The Labute approximate surface area is 134 Å². The second-order valence-electron chi connectivity index (χ2n) is 6.05. The summed E-state index contributed by atoms with van der Waals surface area (Å²) >= 11 is 0. The van der Waals surface area contributed by atoms with E-state index in [4.69, 9.17) is 5.21 Å². The van der Waals surface area contributed by atoms with Gasteiger partial charge in [-0.2, -0.15) is 0 Å². The normalized spacial score (nSPS) is 18.8. The third-order valence-corrected chi connectivity index (χ3v) is 4.53.